The molecule has 1 heterocycles. The number of carbonyl (C=O) groups excluding carboxylic acids is 1. The maximum atomic E-state index is 12.1. The molecule has 0 atom stereocenters. The topological polar surface area (TPSA) is 35.6 Å². The Morgan fingerprint density at radius 3 is 2.39 bits per heavy atom. The Kier molecular flexibility index (Phi) is 6.22. The molecule has 0 spiro atoms. The van der Waals surface area contributed by atoms with Crippen LogP contribution >= 0.6 is 0 Å². The smallest absolute Gasteiger partial charge is 0.317 e. The summed E-state index contributed by atoms with van der Waals surface area (Å²) < 4.78 is 0. The predicted octanol–water partition coefficient (Wildman–Crippen LogP) is 3.07. The molecule has 4 heteroatoms. The average molecular weight is 315 g/mol. The van der Waals surface area contributed by atoms with Gasteiger partial charge in [0.15, 0.2) is 0 Å². The first-order valence-corrected chi connectivity index (χ1v) is 8.41. The van der Waals surface area contributed by atoms with Crippen molar-refractivity contribution in [3.8, 4) is 0 Å². The number of nitrogens with one attached hydrogen (secondary N) is 1. The van der Waals surface area contributed by atoms with Crippen LogP contribution < -0.4 is 5.32 Å². The second kappa shape index (κ2) is 8.16. The average Bonchev–Trinajstić information content (AvgIpc) is 2.54. The normalized spacial score (nSPS) is 16.7. The molecule has 0 saturated carbocycles. The van der Waals surface area contributed by atoms with E-state index in [0.29, 0.717) is 6.54 Å². The molecule has 1 saturated heterocycles. The summed E-state index contributed by atoms with van der Waals surface area (Å²) in [4.78, 5) is 16.4. The second-order valence-electron chi connectivity index (χ2n) is 7.32. The lowest BCUT2D eigenvalue weighted by Gasteiger charge is -2.34. The molecule has 1 fully saturated rings. The van der Waals surface area contributed by atoms with Crippen molar-refractivity contribution in [2.24, 2.45) is 5.41 Å². The Balaban J connectivity index is 1.69. The molecule has 2 amide bonds. The zero-order valence-electron chi connectivity index (χ0n) is 14.6. The van der Waals surface area contributed by atoms with E-state index in [0.717, 1.165) is 32.7 Å². The second-order valence-corrected chi connectivity index (χ2v) is 7.32. The van der Waals surface area contributed by atoms with Gasteiger partial charge in [0.2, 0.25) is 0 Å². The molecule has 0 radical (unpaired) electrons. The maximum absolute atomic E-state index is 12.1. The molecular formula is C19H29N3O. The summed E-state index contributed by atoms with van der Waals surface area (Å²) in [5.74, 6) is 0. The Morgan fingerprint density at radius 1 is 1.13 bits per heavy atom. The fourth-order valence-electron chi connectivity index (χ4n) is 2.49. The predicted molar refractivity (Wildman–Crippen MR) is 96.3 cm³/mol. The standard InChI is InChI=1S/C19H29N3O/c1-19(2,3)16-20-18(23)22-14-12-21(13-15-22)11-7-10-17-8-5-4-6-9-17/h4-10H,11-16H2,1-3H3,(H,20,23)/b10-7+. The van der Waals surface area contributed by atoms with Crippen LogP contribution in [0.1, 0.15) is 26.3 Å². The van der Waals surface area contributed by atoms with Crippen LogP contribution in [0, 0.1) is 5.41 Å². The van der Waals surface area contributed by atoms with Gasteiger partial charge in [0, 0.05) is 39.3 Å². The van der Waals surface area contributed by atoms with Crippen LogP contribution in [0.2, 0.25) is 0 Å². The summed E-state index contributed by atoms with van der Waals surface area (Å²) in [7, 11) is 0. The molecule has 0 aromatic heterocycles. The van der Waals surface area contributed by atoms with E-state index in [1.807, 2.05) is 11.0 Å². The third-order valence-corrected chi connectivity index (χ3v) is 3.90. The minimum absolute atomic E-state index is 0.0689. The van der Waals surface area contributed by atoms with Gasteiger partial charge in [0.05, 0.1) is 0 Å². The van der Waals surface area contributed by atoms with Crippen LogP contribution in [0.25, 0.3) is 6.08 Å². The Labute approximate surface area is 140 Å². The molecule has 0 unspecified atom stereocenters. The quantitative estimate of drug-likeness (QED) is 0.927. The summed E-state index contributed by atoms with van der Waals surface area (Å²) in [5.41, 5.74) is 1.35. The van der Waals surface area contributed by atoms with E-state index in [1.54, 1.807) is 0 Å². The van der Waals surface area contributed by atoms with Gasteiger partial charge in [0.1, 0.15) is 0 Å². The maximum Gasteiger partial charge on any atom is 0.317 e. The van der Waals surface area contributed by atoms with Crippen LogP contribution in [0.4, 0.5) is 4.79 Å². The van der Waals surface area contributed by atoms with Gasteiger partial charge in [-0.15, -0.1) is 0 Å². The summed E-state index contributed by atoms with van der Waals surface area (Å²) in [6, 6.07) is 10.4. The molecule has 1 aliphatic rings. The van der Waals surface area contributed by atoms with Crippen molar-refractivity contribution in [1.29, 1.82) is 0 Å². The molecule has 1 aliphatic heterocycles. The lowest BCUT2D eigenvalue weighted by atomic mass is 9.97. The van der Waals surface area contributed by atoms with E-state index in [2.05, 4.69) is 67.4 Å². The number of carbonyl (C=O) groups is 1. The zero-order chi connectivity index (χ0) is 16.7. The van der Waals surface area contributed by atoms with Gasteiger partial charge in [0.25, 0.3) is 0 Å². The van der Waals surface area contributed by atoms with Crippen LogP contribution in [0.15, 0.2) is 36.4 Å². The largest absolute Gasteiger partial charge is 0.337 e. The highest BCUT2D eigenvalue weighted by molar-refractivity contribution is 5.74. The molecule has 0 aliphatic carbocycles. The number of amides is 2. The molecule has 1 N–H and O–H groups in total. The van der Waals surface area contributed by atoms with Gasteiger partial charge in [-0.1, -0.05) is 63.3 Å². The zero-order valence-corrected chi connectivity index (χ0v) is 14.6. The summed E-state index contributed by atoms with van der Waals surface area (Å²) >= 11 is 0. The number of benzene rings is 1. The van der Waals surface area contributed by atoms with Gasteiger partial charge in [-0.05, 0) is 11.0 Å². The van der Waals surface area contributed by atoms with Crippen molar-refractivity contribution in [2.45, 2.75) is 20.8 Å². The lowest BCUT2D eigenvalue weighted by molar-refractivity contribution is 0.144. The van der Waals surface area contributed by atoms with Gasteiger partial charge >= 0.3 is 6.03 Å². The number of hydrogen-bond donors (Lipinski definition) is 1. The van der Waals surface area contributed by atoms with Gasteiger partial charge < -0.3 is 10.2 Å². The van der Waals surface area contributed by atoms with Gasteiger partial charge in [-0.2, -0.15) is 0 Å². The van der Waals surface area contributed by atoms with Gasteiger partial charge in [-0.25, -0.2) is 4.79 Å². The highest BCUT2D eigenvalue weighted by Gasteiger charge is 2.21. The molecular weight excluding hydrogens is 286 g/mol. The van der Waals surface area contributed by atoms with Crippen LogP contribution in [0.3, 0.4) is 0 Å². The third kappa shape index (κ3) is 6.45. The third-order valence-electron chi connectivity index (χ3n) is 3.90. The molecule has 2 rings (SSSR count). The van der Waals surface area contributed by atoms with Crippen molar-refractivity contribution in [1.82, 2.24) is 15.1 Å². The minimum atomic E-state index is 0.0689. The molecule has 126 valence electrons. The van der Waals surface area contributed by atoms with E-state index < -0.39 is 0 Å². The first-order valence-electron chi connectivity index (χ1n) is 8.41. The van der Waals surface area contributed by atoms with Crippen molar-refractivity contribution >= 4 is 12.1 Å². The number of piperazine rings is 1. The Hall–Kier alpha value is -1.81. The lowest BCUT2D eigenvalue weighted by Crippen LogP contribution is -2.52. The van der Waals surface area contributed by atoms with Crippen molar-refractivity contribution in [3.63, 3.8) is 0 Å². The highest BCUT2D eigenvalue weighted by Crippen LogP contribution is 2.11. The number of rotatable bonds is 4. The molecule has 1 aromatic carbocycles. The van der Waals surface area contributed by atoms with Gasteiger partial charge in [-0.3, -0.25) is 4.90 Å². The van der Waals surface area contributed by atoms with Crippen LogP contribution in [0.5, 0.6) is 0 Å². The number of hydrogen-bond acceptors (Lipinski definition) is 2. The van der Waals surface area contributed by atoms with E-state index in [-0.39, 0.29) is 11.4 Å². The van der Waals surface area contributed by atoms with E-state index in [4.69, 9.17) is 0 Å². The highest BCUT2D eigenvalue weighted by atomic mass is 16.2. The Bertz CT molecular complexity index is 511. The summed E-state index contributed by atoms with van der Waals surface area (Å²) in [6.45, 7) is 11.5. The number of urea groups is 1. The molecule has 0 bridgehead atoms. The first kappa shape index (κ1) is 17.5. The fraction of sp³-hybridized carbons (Fsp3) is 0.526. The molecule has 1 aromatic rings. The summed E-state index contributed by atoms with van der Waals surface area (Å²) in [5, 5.41) is 3.03. The minimum Gasteiger partial charge on any atom is -0.337 e. The Morgan fingerprint density at radius 2 is 1.78 bits per heavy atom. The van der Waals surface area contributed by atoms with E-state index in [9.17, 15) is 4.79 Å². The summed E-state index contributed by atoms with van der Waals surface area (Å²) in [6.07, 6.45) is 4.35. The SMILES string of the molecule is CC(C)(C)CNC(=O)N1CCN(C/C=C/c2ccccc2)CC1. The molecule has 23 heavy (non-hydrogen) atoms. The number of nitrogens with zero attached hydrogens (tertiary/aromatic N) is 2. The monoisotopic (exact) mass is 315 g/mol. The van der Waals surface area contributed by atoms with Crippen LogP contribution in [-0.4, -0.2) is 55.1 Å². The van der Waals surface area contributed by atoms with Crippen molar-refractivity contribution in [3.05, 3.63) is 42.0 Å². The first-order chi connectivity index (χ1) is 10.9. The van der Waals surface area contributed by atoms with Crippen molar-refractivity contribution < 1.29 is 4.79 Å². The molecule has 4 nitrogen and oxygen atoms in total. The van der Waals surface area contributed by atoms with Crippen molar-refractivity contribution in [2.75, 3.05) is 39.3 Å². The van der Waals surface area contributed by atoms with E-state index in [1.165, 1.54) is 5.56 Å². The fourth-order valence-corrected chi connectivity index (χ4v) is 2.49. The van der Waals surface area contributed by atoms with Crippen LogP contribution in [-0.2, 0) is 0 Å². The van der Waals surface area contributed by atoms with E-state index >= 15 is 0 Å².